The Morgan fingerprint density at radius 3 is 2.49 bits per heavy atom. The molecule has 1 aromatic heterocycles. The van der Waals surface area contributed by atoms with Crippen molar-refractivity contribution in [2.75, 3.05) is 13.1 Å². The van der Waals surface area contributed by atoms with E-state index in [1.807, 2.05) is 45.9 Å². The third-order valence-corrected chi connectivity index (χ3v) is 7.25. The van der Waals surface area contributed by atoms with Gasteiger partial charge in [0, 0.05) is 31.1 Å². The van der Waals surface area contributed by atoms with Crippen LogP contribution in [0.1, 0.15) is 70.6 Å². The predicted molar refractivity (Wildman–Crippen MR) is 148 cm³/mol. The lowest BCUT2D eigenvalue weighted by molar-refractivity contribution is -0.138. The number of benzene rings is 2. The summed E-state index contributed by atoms with van der Waals surface area (Å²) in [5.74, 6) is 1.27. The van der Waals surface area contributed by atoms with Crippen LogP contribution in [0.25, 0.3) is 21.1 Å². The minimum Gasteiger partial charge on any atom is -0.490 e. The standard InChI is InChI=1S/C22H21N3OS.C5H9NO2.C2H6/c1-13(2)26-20-10-8-15(11-16(20)12-23)21-24-25-22(27-21)19-6-4-5-17-14(3)7-9-18(17)19;1-4(7)6-2-5(8)3-6;1-2/h4-6,8,10-11,13-14H,7,9H2,1-3H3;5,8H,2-3H2,1H3;1-2H3. The van der Waals surface area contributed by atoms with E-state index in [0.717, 1.165) is 22.0 Å². The number of β-amino-alcohol motifs (C(OH)–C–C–N with tert-alkyl or cyclic N) is 1. The Morgan fingerprint density at radius 1 is 1.19 bits per heavy atom. The lowest BCUT2D eigenvalue weighted by Crippen LogP contribution is -2.52. The summed E-state index contributed by atoms with van der Waals surface area (Å²) >= 11 is 1.57. The number of carbonyl (C=O) groups is 1. The first-order chi connectivity index (χ1) is 17.8. The smallest absolute Gasteiger partial charge is 0.219 e. The quantitative estimate of drug-likeness (QED) is 0.466. The molecule has 1 saturated heterocycles. The fraction of sp³-hybridized carbons (Fsp3) is 0.448. The minimum atomic E-state index is -0.265. The third kappa shape index (κ3) is 6.73. The van der Waals surface area contributed by atoms with E-state index in [4.69, 9.17) is 9.84 Å². The van der Waals surface area contributed by atoms with Crippen LogP contribution in [-0.4, -0.2) is 51.4 Å². The molecule has 0 radical (unpaired) electrons. The number of aliphatic hydroxyl groups is 1. The maximum Gasteiger partial charge on any atom is 0.219 e. The molecule has 1 amide bonds. The molecule has 2 aliphatic rings. The molecule has 8 heteroatoms. The van der Waals surface area contributed by atoms with Crippen molar-refractivity contribution in [3.05, 3.63) is 53.1 Å². The zero-order chi connectivity index (χ0) is 27.1. The highest BCUT2D eigenvalue weighted by Crippen LogP contribution is 2.40. The number of aliphatic hydroxyl groups excluding tert-OH is 1. The van der Waals surface area contributed by atoms with E-state index in [1.165, 1.54) is 30.0 Å². The Labute approximate surface area is 223 Å². The second-order valence-corrected chi connectivity index (χ2v) is 10.3. The van der Waals surface area contributed by atoms with Crippen LogP contribution in [0, 0.1) is 11.3 Å². The highest BCUT2D eigenvalue weighted by atomic mass is 32.1. The van der Waals surface area contributed by atoms with E-state index in [2.05, 4.69) is 41.4 Å². The Morgan fingerprint density at radius 2 is 1.89 bits per heavy atom. The van der Waals surface area contributed by atoms with Gasteiger partial charge in [0.05, 0.1) is 17.8 Å². The first-order valence-electron chi connectivity index (χ1n) is 12.9. The van der Waals surface area contributed by atoms with Crippen molar-refractivity contribution in [1.82, 2.24) is 15.1 Å². The number of nitriles is 1. The second-order valence-electron chi connectivity index (χ2n) is 9.29. The van der Waals surface area contributed by atoms with E-state index in [1.54, 1.807) is 16.2 Å². The topological polar surface area (TPSA) is 99.3 Å². The van der Waals surface area contributed by atoms with Crippen molar-refractivity contribution < 1.29 is 14.6 Å². The van der Waals surface area contributed by atoms with Gasteiger partial charge >= 0.3 is 0 Å². The van der Waals surface area contributed by atoms with E-state index >= 15 is 0 Å². The SMILES string of the molecule is CC.CC(=O)N1CC(O)C1.CC(C)Oc1ccc(-c2nnc(-c3cccc4c3CCC4C)s2)cc1C#N. The summed E-state index contributed by atoms with van der Waals surface area (Å²) in [5.41, 5.74) is 5.46. The summed E-state index contributed by atoms with van der Waals surface area (Å²) in [6.45, 7) is 12.7. The molecular formula is C29H36N4O3S. The average molecular weight is 521 g/mol. The molecule has 1 unspecified atom stereocenters. The third-order valence-electron chi connectivity index (χ3n) is 6.24. The number of ether oxygens (including phenoxy) is 1. The molecule has 2 aromatic carbocycles. The van der Waals surface area contributed by atoms with Gasteiger partial charge in [0.1, 0.15) is 21.8 Å². The Hall–Kier alpha value is -3.28. The molecule has 1 N–H and O–H groups in total. The molecule has 2 heterocycles. The molecule has 1 aliphatic carbocycles. The summed E-state index contributed by atoms with van der Waals surface area (Å²) in [5, 5.41) is 28.7. The van der Waals surface area contributed by atoms with Gasteiger partial charge in [0.15, 0.2) is 0 Å². The number of hydrogen-bond donors (Lipinski definition) is 1. The van der Waals surface area contributed by atoms with Gasteiger partial charge in [-0.3, -0.25) is 4.79 Å². The first kappa shape index (κ1) is 28.3. The number of hydrogen-bond acceptors (Lipinski definition) is 7. The number of fused-ring (bicyclic) bond motifs is 1. The molecule has 196 valence electrons. The largest absolute Gasteiger partial charge is 0.490 e. The normalized spacial score (nSPS) is 16.0. The van der Waals surface area contributed by atoms with E-state index < -0.39 is 0 Å². The van der Waals surface area contributed by atoms with E-state index in [-0.39, 0.29) is 18.1 Å². The summed E-state index contributed by atoms with van der Waals surface area (Å²) in [6, 6.07) is 14.3. The molecule has 37 heavy (non-hydrogen) atoms. The molecule has 3 aromatic rings. The number of amides is 1. The van der Waals surface area contributed by atoms with Gasteiger partial charge in [-0.1, -0.05) is 50.3 Å². The maximum absolute atomic E-state index is 10.4. The summed E-state index contributed by atoms with van der Waals surface area (Å²) < 4.78 is 5.71. The number of carbonyl (C=O) groups excluding carboxylic acids is 1. The predicted octanol–water partition coefficient (Wildman–Crippen LogP) is 5.82. The van der Waals surface area contributed by atoms with E-state index in [9.17, 15) is 10.1 Å². The van der Waals surface area contributed by atoms with Gasteiger partial charge in [-0.2, -0.15) is 5.26 Å². The lowest BCUT2D eigenvalue weighted by atomic mass is 10.0. The zero-order valence-electron chi connectivity index (χ0n) is 22.5. The Kier molecular flexibility index (Phi) is 9.79. The van der Waals surface area contributed by atoms with E-state index in [0.29, 0.717) is 30.3 Å². The Balaban J connectivity index is 0.000000322. The minimum absolute atomic E-state index is 0.0265. The molecule has 0 spiro atoms. The molecule has 5 rings (SSSR count). The molecular weight excluding hydrogens is 484 g/mol. The fourth-order valence-corrected chi connectivity index (χ4v) is 5.22. The zero-order valence-corrected chi connectivity index (χ0v) is 23.3. The first-order valence-corrected chi connectivity index (χ1v) is 13.7. The van der Waals surface area contributed by atoms with Crippen LogP contribution in [0.2, 0.25) is 0 Å². The monoisotopic (exact) mass is 520 g/mol. The van der Waals surface area contributed by atoms with Gasteiger partial charge in [-0.15, -0.1) is 10.2 Å². The van der Waals surface area contributed by atoms with Crippen molar-refractivity contribution in [1.29, 1.82) is 5.26 Å². The van der Waals surface area contributed by atoms with Crippen LogP contribution >= 0.6 is 11.3 Å². The van der Waals surface area contributed by atoms with Crippen molar-refractivity contribution in [3.8, 4) is 33.0 Å². The van der Waals surface area contributed by atoms with Crippen molar-refractivity contribution in [2.45, 2.75) is 72.5 Å². The maximum atomic E-state index is 10.4. The van der Waals surface area contributed by atoms with Gasteiger partial charge in [-0.05, 0) is 61.9 Å². The highest BCUT2D eigenvalue weighted by Gasteiger charge is 2.26. The van der Waals surface area contributed by atoms with Gasteiger partial charge < -0.3 is 14.7 Å². The molecule has 1 aliphatic heterocycles. The highest BCUT2D eigenvalue weighted by molar-refractivity contribution is 7.17. The second kappa shape index (κ2) is 12.8. The molecule has 1 fully saturated rings. The van der Waals surface area contributed by atoms with Crippen molar-refractivity contribution in [2.24, 2.45) is 0 Å². The van der Waals surface area contributed by atoms with Gasteiger partial charge in [0.2, 0.25) is 5.91 Å². The number of likely N-dealkylation sites (tertiary alicyclic amines) is 1. The molecule has 0 saturated carbocycles. The van der Waals surface area contributed by atoms with Crippen LogP contribution in [0.15, 0.2) is 36.4 Å². The van der Waals surface area contributed by atoms with Crippen LogP contribution in [-0.2, 0) is 11.2 Å². The van der Waals surface area contributed by atoms with Crippen LogP contribution in [0.5, 0.6) is 5.75 Å². The molecule has 1 atom stereocenters. The average Bonchev–Trinajstić information content (AvgIpc) is 3.51. The number of rotatable bonds is 4. The summed E-state index contributed by atoms with van der Waals surface area (Å²) in [4.78, 5) is 12.0. The Bertz CT molecular complexity index is 1260. The van der Waals surface area contributed by atoms with Gasteiger partial charge in [-0.25, -0.2) is 0 Å². The van der Waals surface area contributed by atoms with Crippen molar-refractivity contribution in [3.63, 3.8) is 0 Å². The van der Waals surface area contributed by atoms with Gasteiger partial charge in [0.25, 0.3) is 0 Å². The van der Waals surface area contributed by atoms with Crippen molar-refractivity contribution >= 4 is 17.2 Å². The molecule has 7 nitrogen and oxygen atoms in total. The number of aromatic nitrogens is 2. The summed E-state index contributed by atoms with van der Waals surface area (Å²) in [6.07, 6.45) is 2.06. The molecule has 0 bridgehead atoms. The van der Waals surface area contributed by atoms with Crippen LogP contribution in [0.4, 0.5) is 0 Å². The van der Waals surface area contributed by atoms with Crippen LogP contribution in [0.3, 0.4) is 0 Å². The number of nitrogens with zero attached hydrogens (tertiary/aromatic N) is 4. The summed E-state index contributed by atoms with van der Waals surface area (Å²) in [7, 11) is 0. The fourth-order valence-electron chi connectivity index (χ4n) is 4.33. The van der Waals surface area contributed by atoms with Crippen LogP contribution < -0.4 is 4.74 Å². The lowest BCUT2D eigenvalue weighted by Gasteiger charge is -2.34.